The average Bonchev–Trinajstić information content (AvgIpc) is 2.84. The Morgan fingerprint density at radius 2 is 2.19 bits per heavy atom. The molecule has 0 bridgehead atoms. The van der Waals surface area contributed by atoms with Gasteiger partial charge in [0.15, 0.2) is 0 Å². The highest BCUT2D eigenvalue weighted by molar-refractivity contribution is 5.79. The number of likely N-dealkylation sites (N-methyl/N-ethyl adjacent to an activating group) is 1. The van der Waals surface area contributed by atoms with Crippen molar-refractivity contribution < 1.29 is 9.90 Å². The molecule has 2 atom stereocenters. The molecule has 92 valence electrons. The van der Waals surface area contributed by atoms with Crippen LogP contribution in [0.5, 0.6) is 0 Å². The highest BCUT2D eigenvalue weighted by atomic mass is 16.4. The second-order valence-electron chi connectivity index (χ2n) is 5.06. The molecule has 1 aliphatic carbocycles. The van der Waals surface area contributed by atoms with Crippen molar-refractivity contribution in [2.75, 3.05) is 19.6 Å². The van der Waals surface area contributed by atoms with Crippen LogP contribution in [0.4, 0.5) is 0 Å². The van der Waals surface area contributed by atoms with Gasteiger partial charge in [-0.2, -0.15) is 0 Å². The lowest BCUT2D eigenvalue weighted by Crippen LogP contribution is -2.51. The van der Waals surface area contributed by atoms with Crippen LogP contribution in [0.25, 0.3) is 0 Å². The van der Waals surface area contributed by atoms with Gasteiger partial charge in [0.25, 0.3) is 0 Å². The van der Waals surface area contributed by atoms with Crippen molar-refractivity contribution in [1.29, 1.82) is 0 Å². The number of aliphatic carboxylic acids is 1. The van der Waals surface area contributed by atoms with E-state index >= 15 is 0 Å². The van der Waals surface area contributed by atoms with Crippen LogP contribution in [-0.2, 0) is 4.79 Å². The Morgan fingerprint density at radius 1 is 1.50 bits per heavy atom. The molecule has 2 N–H and O–H groups in total. The van der Waals surface area contributed by atoms with Crippen molar-refractivity contribution in [3.8, 4) is 0 Å². The summed E-state index contributed by atoms with van der Waals surface area (Å²) in [5, 5.41) is 12.6. The van der Waals surface area contributed by atoms with Gasteiger partial charge in [-0.1, -0.05) is 6.92 Å². The smallest absolute Gasteiger partial charge is 0.323 e. The maximum absolute atomic E-state index is 11.4. The molecule has 4 heteroatoms. The third-order valence-corrected chi connectivity index (χ3v) is 4.07. The lowest BCUT2D eigenvalue weighted by molar-refractivity contribution is -0.144. The zero-order valence-electron chi connectivity index (χ0n) is 10.0. The first kappa shape index (κ1) is 11.9. The fourth-order valence-electron chi connectivity index (χ4n) is 3.21. The van der Waals surface area contributed by atoms with Crippen LogP contribution < -0.4 is 5.32 Å². The summed E-state index contributed by atoms with van der Waals surface area (Å²) in [6, 6.07) is 0.484. The molecule has 1 saturated carbocycles. The molecule has 1 saturated heterocycles. The molecule has 2 aliphatic rings. The molecule has 16 heavy (non-hydrogen) atoms. The van der Waals surface area contributed by atoms with Crippen LogP contribution >= 0.6 is 0 Å². The van der Waals surface area contributed by atoms with Crippen LogP contribution in [0.1, 0.15) is 39.0 Å². The normalized spacial score (nSPS) is 35.7. The number of rotatable bonds is 4. The maximum Gasteiger partial charge on any atom is 0.323 e. The number of carboxylic acids is 1. The first-order valence-corrected chi connectivity index (χ1v) is 6.40. The summed E-state index contributed by atoms with van der Waals surface area (Å²) >= 11 is 0. The molecule has 0 aromatic heterocycles. The molecule has 2 unspecified atom stereocenters. The fourth-order valence-corrected chi connectivity index (χ4v) is 3.21. The molecule has 0 amide bonds. The van der Waals surface area contributed by atoms with Gasteiger partial charge in [0.1, 0.15) is 5.54 Å². The van der Waals surface area contributed by atoms with Crippen LogP contribution in [-0.4, -0.2) is 47.2 Å². The van der Waals surface area contributed by atoms with Gasteiger partial charge in [-0.3, -0.25) is 4.79 Å². The van der Waals surface area contributed by atoms with Crippen molar-refractivity contribution in [1.82, 2.24) is 10.2 Å². The molecule has 2 rings (SSSR count). The summed E-state index contributed by atoms with van der Waals surface area (Å²) in [6.07, 6.45) is 5.13. The molecule has 2 fully saturated rings. The molecular weight excluding hydrogens is 204 g/mol. The van der Waals surface area contributed by atoms with E-state index in [1.807, 2.05) is 6.92 Å². The largest absolute Gasteiger partial charge is 0.480 e. The summed E-state index contributed by atoms with van der Waals surface area (Å²) in [6.45, 7) is 5.03. The van der Waals surface area contributed by atoms with Gasteiger partial charge in [-0.05, 0) is 51.7 Å². The van der Waals surface area contributed by atoms with E-state index in [9.17, 15) is 9.90 Å². The average molecular weight is 226 g/mol. The molecule has 0 radical (unpaired) electrons. The Hall–Kier alpha value is -0.610. The number of likely N-dealkylation sites (tertiary alicyclic amines) is 1. The van der Waals surface area contributed by atoms with Gasteiger partial charge >= 0.3 is 5.97 Å². The monoisotopic (exact) mass is 226 g/mol. The van der Waals surface area contributed by atoms with Crippen molar-refractivity contribution in [3.63, 3.8) is 0 Å². The van der Waals surface area contributed by atoms with Crippen LogP contribution in [0, 0.1) is 0 Å². The summed E-state index contributed by atoms with van der Waals surface area (Å²) in [5.74, 6) is -0.670. The molecular formula is C12H22N2O2. The minimum absolute atomic E-state index is 0.484. The third-order valence-electron chi connectivity index (χ3n) is 4.07. The summed E-state index contributed by atoms with van der Waals surface area (Å²) < 4.78 is 0. The predicted molar refractivity (Wildman–Crippen MR) is 62.5 cm³/mol. The molecule has 0 aromatic rings. The topological polar surface area (TPSA) is 52.6 Å². The van der Waals surface area contributed by atoms with E-state index in [4.69, 9.17) is 0 Å². The lowest BCUT2D eigenvalue weighted by Gasteiger charge is -2.28. The minimum Gasteiger partial charge on any atom is -0.480 e. The van der Waals surface area contributed by atoms with Gasteiger partial charge in [0.2, 0.25) is 0 Å². The van der Waals surface area contributed by atoms with E-state index in [2.05, 4.69) is 10.2 Å². The summed E-state index contributed by atoms with van der Waals surface area (Å²) in [4.78, 5) is 13.9. The van der Waals surface area contributed by atoms with E-state index in [-0.39, 0.29) is 0 Å². The number of nitrogens with zero attached hydrogens (tertiary/aromatic N) is 1. The highest BCUT2D eigenvalue weighted by Crippen LogP contribution is 2.34. The Labute approximate surface area is 97.0 Å². The zero-order chi connectivity index (χ0) is 11.6. The Bertz CT molecular complexity index is 264. The van der Waals surface area contributed by atoms with E-state index in [0.717, 1.165) is 38.9 Å². The number of hydrogen-bond donors (Lipinski definition) is 2. The minimum atomic E-state index is -0.670. The van der Waals surface area contributed by atoms with Crippen molar-refractivity contribution in [2.24, 2.45) is 0 Å². The lowest BCUT2D eigenvalue weighted by atomic mass is 9.97. The first-order valence-electron chi connectivity index (χ1n) is 6.40. The Kier molecular flexibility index (Phi) is 3.50. The summed E-state index contributed by atoms with van der Waals surface area (Å²) in [5.41, 5.74) is -0.651. The van der Waals surface area contributed by atoms with E-state index in [1.54, 1.807) is 0 Å². The standard InChI is InChI=1S/C12H22N2O2/c1-2-13-12(11(15)16)6-5-10(9-12)14-7-3-4-8-14/h10,13H,2-9H2,1H3,(H,15,16). The van der Waals surface area contributed by atoms with Gasteiger partial charge in [-0.25, -0.2) is 0 Å². The molecule has 4 nitrogen and oxygen atoms in total. The number of hydrogen-bond acceptors (Lipinski definition) is 3. The van der Waals surface area contributed by atoms with Crippen molar-refractivity contribution in [2.45, 2.75) is 50.6 Å². The van der Waals surface area contributed by atoms with Crippen LogP contribution in [0.15, 0.2) is 0 Å². The second-order valence-corrected chi connectivity index (χ2v) is 5.06. The van der Waals surface area contributed by atoms with Gasteiger partial charge in [0, 0.05) is 6.04 Å². The SMILES string of the molecule is CCNC1(C(=O)O)CCC(N2CCCC2)C1. The number of carboxylic acid groups (broad SMARTS) is 1. The van der Waals surface area contributed by atoms with Gasteiger partial charge in [-0.15, -0.1) is 0 Å². The van der Waals surface area contributed by atoms with Crippen molar-refractivity contribution >= 4 is 5.97 Å². The molecule has 0 aromatic carbocycles. The molecule has 0 spiro atoms. The highest BCUT2D eigenvalue weighted by Gasteiger charge is 2.46. The fraction of sp³-hybridized carbons (Fsp3) is 0.917. The first-order chi connectivity index (χ1) is 7.68. The Morgan fingerprint density at radius 3 is 2.75 bits per heavy atom. The summed E-state index contributed by atoms with van der Waals surface area (Å²) in [7, 11) is 0. The Balaban J connectivity index is 2.00. The van der Waals surface area contributed by atoms with Crippen molar-refractivity contribution in [3.05, 3.63) is 0 Å². The predicted octanol–water partition coefficient (Wildman–Crippen LogP) is 1.07. The zero-order valence-corrected chi connectivity index (χ0v) is 10.0. The van der Waals surface area contributed by atoms with E-state index in [0.29, 0.717) is 6.04 Å². The third kappa shape index (κ3) is 2.09. The maximum atomic E-state index is 11.4. The van der Waals surface area contributed by atoms with E-state index < -0.39 is 11.5 Å². The van der Waals surface area contributed by atoms with Gasteiger partial charge < -0.3 is 15.3 Å². The van der Waals surface area contributed by atoms with Crippen LogP contribution in [0.3, 0.4) is 0 Å². The van der Waals surface area contributed by atoms with E-state index in [1.165, 1.54) is 12.8 Å². The number of carbonyl (C=O) groups is 1. The molecule has 1 aliphatic heterocycles. The van der Waals surface area contributed by atoms with Crippen LogP contribution in [0.2, 0.25) is 0 Å². The second kappa shape index (κ2) is 4.72. The quantitative estimate of drug-likeness (QED) is 0.753. The number of nitrogens with one attached hydrogen (secondary N) is 1. The van der Waals surface area contributed by atoms with Gasteiger partial charge in [0.05, 0.1) is 0 Å². The molecule has 1 heterocycles.